The van der Waals surface area contributed by atoms with Crippen molar-refractivity contribution in [1.82, 2.24) is 14.5 Å². The fourth-order valence-corrected chi connectivity index (χ4v) is 3.10. The molecule has 23 heavy (non-hydrogen) atoms. The van der Waals surface area contributed by atoms with Crippen LogP contribution in [-0.2, 0) is 6.54 Å². The monoisotopic (exact) mass is 314 g/mol. The predicted molar refractivity (Wildman–Crippen MR) is 95.7 cm³/mol. The first-order valence-corrected chi connectivity index (χ1v) is 8.16. The van der Waals surface area contributed by atoms with E-state index < -0.39 is 5.60 Å². The maximum Gasteiger partial charge on any atom is 0.203 e. The Morgan fingerprint density at radius 3 is 2.74 bits per heavy atom. The molecule has 3 rings (SSSR count). The van der Waals surface area contributed by atoms with Crippen molar-refractivity contribution >= 4 is 22.6 Å². The van der Waals surface area contributed by atoms with E-state index in [0.717, 1.165) is 36.5 Å². The number of aliphatic hydroxyl groups is 1. The van der Waals surface area contributed by atoms with Gasteiger partial charge in [-0.1, -0.05) is 12.1 Å². The highest BCUT2D eigenvalue weighted by atomic mass is 16.3. The van der Waals surface area contributed by atoms with Gasteiger partial charge in [0.2, 0.25) is 5.95 Å². The van der Waals surface area contributed by atoms with Crippen LogP contribution >= 0.6 is 0 Å². The number of aromatic nitrogens is 2. The van der Waals surface area contributed by atoms with E-state index in [2.05, 4.69) is 46.5 Å². The Labute approximate surface area is 137 Å². The van der Waals surface area contributed by atoms with Gasteiger partial charge in [0.15, 0.2) is 0 Å². The smallest absolute Gasteiger partial charge is 0.203 e. The Morgan fingerprint density at radius 1 is 1.35 bits per heavy atom. The molecule has 2 heterocycles. The number of hydrogen-bond acceptors (Lipinski definition) is 4. The van der Waals surface area contributed by atoms with E-state index in [0.29, 0.717) is 6.54 Å². The zero-order valence-corrected chi connectivity index (χ0v) is 14.4. The summed E-state index contributed by atoms with van der Waals surface area (Å²) in [4.78, 5) is 7.01. The summed E-state index contributed by atoms with van der Waals surface area (Å²) in [6.45, 7) is 6.24. The number of likely N-dealkylation sites (N-methyl/N-ethyl adjacent to an activating group) is 1. The average molecular weight is 314 g/mol. The zero-order chi connectivity index (χ0) is 16.6. The molecule has 0 amide bonds. The van der Waals surface area contributed by atoms with Crippen molar-refractivity contribution in [2.75, 3.05) is 32.5 Å². The van der Waals surface area contributed by atoms with E-state index in [1.807, 2.05) is 25.5 Å². The highest BCUT2D eigenvalue weighted by Gasteiger charge is 2.19. The van der Waals surface area contributed by atoms with Crippen LogP contribution in [0.5, 0.6) is 0 Å². The van der Waals surface area contributed by atoms with Crippen LogP contribution in [0.4, 0.5) is 5.95 Å². The zero-order valence-electron chi connectivity index (χ0n) is 14.4. The highest BCUT2D eigenvalue weighted by molar-refractivity contribution is 5.83. The van der Waals surface area contributed by atoms with Crippen LogP contribution in [0.2, 0.25) is 0 Å². The molecular weight excluding hydrogens is 288 g/mol. The molecule has 0 saturated heterocycles. The number of hydrogen-bond donors (Lipinski definition) is 2. The summed E-state index contributed by atoms with van der Waals surface area (Å²) >= 11 is 0. The molecule has 2 aromatic rings. The SMILES string of the molecule is CNc1nc2cc(C3=CCN(C)CC3)ccc2n1CC(C)(C)O. The first-order valence-electron chi connectivity index (χ1n) is 8.16. The molecule has 124 valence electrons. The van der Waals surface area contributed by atoms with Crippen LogP contribution in [0.25, 0.3) is 16.6 Å². The molecule has 0 unspecified atom stereocenters. The van der Waals surface area contributed by atoms with E-state index in [1.54, 1.807) is 0 Å². The van der Waals surface area contributed by atoms with Gasteiger partial charge < -0.3 is 19.9 Å². The largest absolute Gasteiger partial charge is 0.389 e. The lowest BCUT2D eigenvalue weighted by molar-refractivity contribution is 0.0632. The summed E-state index contributed by atoms with van der Waals surface area (Å²) in [6.07, 6.45) is 3.38. The molecule has 0 bridgehead atoms. The number of fused-ring (bicyclic) bond motifs is 1. The van der Waals surface area contributed by atoms with Crippen molar-refractivity contribution < 1.29 is 5.11 Å². The molecule has 0 aliphatic carbocycles. The van der Waals surface area contributed by atoms with E-state index >= 15 is 0 Å². The number of nitrogens with one attached hydrogen (secondary N) is 1. The second-order valence-corrected chi connectivity index (χ2v) is 7.03. The fraction of sp³-hybridized carbons (Fsp3) is 0.500. The molecule has 1 aliphatic rings. The van der Waals surface area contributed by atoms with Gasteiger partial charge in [-0.3, -0.25) is 0 Å². The number of anilines is 1. The van der Waals surface area contributed by atoms with E-state index in [1.165, 1.54) is 11.1 Å². The molecule has 0 spiro atoms. The van der Waals surface area contributed by atoms with E-state index in [9.17, 15) is 5.11 Å². The number of nitrogens with zero attached hydrogens (tertiary/aromatic N) is 3. The van der Waals surface area contributed by atoms with Gasteiger partial charge in [0.05, 0.1) is 23.2 Å². The van der Waals surface area contributed by atoms with Gasteiger partial charge in [0.1, 0.15) is 0 Å². The summed E-state index contributed by atoms with van der Waals surface area (Å²) in [7, 11) is 4.01. The Balaban J connectivity index is 2.01. The lowest BCUT2D eigenvalue weighted by Crippen LogP contribution is -2.26. The Bertz CT molecular complexity index is 739. The Hall–Kier alpha value is -1.85. The Kier molecular flexibility index (Phi) is 4.17. The molecule has 0 fully saturated rings. The summed E-state index contributed by atoms with van der Waals surface area (Å²) in [5, 5.41) is 13.3. The molecule has 5 heteroatoms. The highest BCUT2D eigenvalue weighted by Crippen LogP contribution is 2.28. The van der Waals surface area contributed by atoms with Gasteiger partial charge in [-0.2, -0.15) is 0 Å². The average Bonchev–Trinajstić information content (AvgIpc) is 2.83. The lowest BCUT2D eigenvalue weighted by Gasteiger charge is -2.22. The quantitative estimate of drug-likeness (QED) is 0.911. The van der Waals surface area contributed by atoms with E-state index in [4.69, 9.17) is 0 Å². The minimum absolute atomic E-state index is 0.506. The summed E-state index contributed by atoms with van der Waals surface area (Å²) in [5.74, 6) is 0.789. The molecule has 0 atom stereocenters. The molecule has 1 aromatic carbocycles. The number of imidazole rings is 1. The van der Waals surface area contributed by atoms with Gasteiger partial charge in [0.25, 0.3) is 0 Å². The minimum atomic E-state index is -0.783. The van der Waals surface area contributed by atoms with Crippen LogP contribution in [0.3, 0.4) is 0 Å². The van der Waals surface area contributed by atoms with Crippen LogP contribution in [0, 0.1) is 0 Å². The van der Waals surface area contributed by atoms with Crippen molar-refractivity contribution in [3.63, 3.8) is 0 Å². The van der Waals surface area contributed by atoms with Gasteiger partial charge in [-0.15, -0.1) is 0 Å². The van der Waals surface area contributed by atoms with Crippen molar-refractivity contribution in [3.8, 4) is 0 Å². The van der Waals surface area contributed by atoms with Crippen LogP contribution in [0.15, 0.2) is 24.3 Å². The molecule has 1 aliphatic heterocycles. The third-order valence-corrected chi connectivity index (χ3v) is 4.30. The molecular formula is C18H26N4O. The van der Waals surface area contributed by atoms with Crippen molar-refractivity contribution in [1.29, 1.82) is 0 Å². The second-order valence-electron chi connectivity index (χ2n) is 7.03. The van der Waals surface area contributed by atoms with Gasteiger partial charge in [-0.05, 0) is 50.6 Å². The molecule has 1 aromatic heterocycles. The summed E-state index contributed by atoms with van der Waals surface area (Å²) in [6, 6.07) is 6.44. The van der Waals surface area contributed by atoms with Gasteiger partial charge in [0, 0.05) is 20.1 Å². The topological polar surface area (TPSA) is 53.3 Å². The maximum atomic E-state index is 10.2. The molecule has 0 saturated carbocycles. The fourth-order valence-electron chi connectivity index (χ4n) is 3.10. The lowest BCUT2D eigenvalue weighted by atomic mass is 9.99. The first-order chi connectivity index (χ1) is 10.9. The number of rotatable bonds is 4. The molecule has 2 N–H and O–H groups in total. The van der Waals surface area contributed by atoms with Crippen molar-refractivity contribution in [2.45, 2.75) is 32.4 Å². The van der Waals surface area contributed by atoms with Crippen molar-refractivity contribution in [3.05, 3.63) is 29.8 Å². The predicted octanol–water partition coefficient (Wildman–Crippen LogP) is 2.57. The molecule has 5 nitrogen and oxygen atoms in total. The first kappa shape index (κ1) is 16.0. The normalized spacial score (nSPS) is 16.7. The summed E-state index contributed by atoms with van der Waals surface area (Å²) < 4.78 is 2.04. The third-order valence-electron chi connectivity index (χ3n) is 4.30. The second kappa shape index (κ2) is 5.98. The van der Waals surface area contributed by atoms with E-state index in [-0.39, 0.29) is 0 Å². The van der Waals surface area contributed by atoms with Crippen LogP contribution < -0.4 is 5.32 Å². The molecule has 0 radical (unpaired) electrons. The standard InChI is InChI=1S/C18H26N4O/c1-18(2,23)12-22-16-6-5-14(11-15(16)20-17(22)19-3)13-7-9-21(4)10-8-13/h5-7,11,23H,8-10,12H2,1-4H3,(H,19,20). The van der Waals surface area contributed by atoms with Crippen LogP contribution in [0.1, 0.15) is 25.8 Å². The maximum absolute atomic E-state index is 10.2. The third kappa shape index (κ3) is 3.41. The minimum Gasteiger partial charge on any atom is -0.389 e. The number of benzene rings is 1. The van der Waals surface area contributed by atoms with Crippen molar-refractivity contribution in [2.24, 2.45) is 0 Å². The Morgan fingerprint density at radius 2 is 2.13 bits per heavy atom. The van der Waals surface area contributed by atoms with Gasteiger partial charge >= 0.3 is 0 Å². The van der Waals surface area contributed by atoms with Gasteiger partial charge in [-0.25, -0.2) is 4.98 Å². The summed E-state index contributed by atoms with van der Waals surface area (Å²) in [5.41, 5.74) is 3.88. The van der Waals surface area contributed by atoms with Crippen LogP contribution in [-0.4, -0.2) is 52.3 Å².